The summed E-state index contributed by atoms with van der Waals surface area (Å²) in [7, 11) is 1.36. The van der Waals surface area contributed by atoms with Crippen molar-refractivity contribution in [2.75, 3.05) is 7.11 Å². The van der Waals surface area contributed by atoms with Gasteiger partial charge in [-0.25, -0.2) is 4.79 Å². The minimum atomic E-state index is -1.33. The number of carbonyl (C=O) groups is 2. The van der Waals surface area contributed by atoms with Crippen molar-refractivity contribution in [2.45, 2.75) is 12.5 Å². The summed E-state index contributed by atoms with van der Waals surface area (Å²) in [5, 5.41) is 31.5. The summed E-state index contributed by atoms with van der Waals surface area (Å²) in [6, 6.07) is 10.1. The molecule has 2 rings (SSSR count). The maximum absolute atomic E-state index is 12.3. The lowest BCUT2D eigenvalue weighted by molar-refractivity contribution is -0.384. The lowest BCUT2D eigenvalue weighted by Gasteiger charge is -2.16. The van der Waals surface area contributed by atoms with Crippen molar-refractivity contribution in [1.29, 1.82) is 5.26 Å². The lowest BCUT2D eigenvalue weighted by atomic mass is 10.0. The van der Waals surface area contributed by atoms with E-state index in [-0.39, 0.29) is 29.0 Å². The molecule has 0 aliphatic rings. The number of benzene rings is 2. The minimum Gasteiger partial charge on any atom is -0.496 e. The Labute approximate surface area is 154 Å². The van der Waals surface area contributed by atoms with Crippen molar-refractivity contribution in [3.63, 3.8) is 0 Å². The number of hydrogen-bond acceptors (Lipinski definition) is 6. The van der Waals surface area contributed by atoms with Crippen molar-refractivity contribution in [3.05, 3.63) is 69.3 Å². The highest BCUT2D eigenvalue weighted by atomic mass is 16.6. The van der Waals surface area contributed by atoms with Crippen LogP contribution in [0.3, 0.4) is 0 Å². The van der Waals surface area contributed by atoms with Crippen LogP contribution < -0.4 is 10.1 Å². The largest absolute Gasteiger partial charge is 0.496 e. The number of nitrogens with one attached hydrogen (secondary N) is 1. The van der Waals surface area contributed by atoms with Crippen LogP contribution in [0.5, 0.6) is 5.75 Å². The molecule has 0 fully saturated rings. The fourth-order valence-corrected chi connectivity index (χ4v) is 2.40. The van der Waals surface area contributed by atoms with E-state index in [1.807, 2.05) is 6.07 Å². The number of amides is 1. The van der Waals surface area contributed by atoms with Crippen molar-refractivity contribution >= 4 is 17.6 Å². The van der Waals surface area contributed by atoms with E-state index in [2.05, 4.69) is 5.32 Å². The minimum absolute atomic E-state index is 0.186. The van der Waals surface area contributed by atoms with Crippen LogP contribution in [0.25, 0.3) is 0 Å². The third-order valence-electron chi connectivity index (χ3n) is 3.78. The maximum Gasteiger partial charge on any atom is 0.326 e. The van der Waals surface area contributed by atoms with Gasteiger partial charge in [-0.05, 0) is 30.3 Å². The van der Waals surface area contributed by atoms with Crippen molar-refractivity contribution in [2.24, 2.45) is 0 Å². The smallest absolute Gasteiger partial charge is 0.326 e. The average Bonchev–Trinajstić information content (AvgIpc) is 2.67. The molecule has 2 aromatic carbocycles. The molecule has 1 amide bonds. The van der Waals surface area contributed by atoms with E-state index < -0.39 is 22.8 Å². The fourth-order valence-electron chi connectivity index (χ4n) is 2.40. The fraction of sp³-hybridized carbons (Fsp3) is 0.167. The molecule has 0 heterocycles. The summed E-state index contributed by atoms with van der Waals surface area (Å²) in [4.78, 5) is 34.2. The third kappa shape index (κ3) is 4.79. The lowest BCUT2D eigenvalue weighted by Crippen LogP contribution is -2.42. The van der Waals surface area contributed by atoms with E-state index in [1.54, 1.807) is 0 Å². The Morgan fingerprint density at radius 1 is 1.30 bits per heavy atom. The molecule has 0 aromatic heterocycles. The van der Waals surface area contributed by atoms with Crippen LogP contribution >= 0.6 is 0 Å². The number of nitrogens with zero attached hydrogens (tertiary/aromatic N) is 2. The monoisotopic (exact) mass is 369 g/mol. The first-order valence-electron chi connectivity index (χ1n) is 7.71. The van der Waals surface area contributed by atoms with Gasteiger partial charge in [0, 0.05) is 29.7 Å². The van der Waals surface area contributed by atoms with Crippen LogP contribution in [0.1, 0.15) is 21.5 Å². The molecule has 0 aliphatic heterocycles. The highest BCUT2D eigenvalue weighted by molar-refractivity contribution is 5.96. The van der Waals surface area contributed by atoms with E-state index in [1.165, 1.54) is 49.6 Å². The van der Waals surface area contributed by atoms with Gasteiger partial charge in [0.2, 0.25) is 0 Å². The SMILES string of the molecule is COc1ccc([N+](=O)[O-])cc1C[C@H](NC(=O)c1ccc(C#N)cc1)C(=O)O. The molecule has 9 heteroatoms. The van der Waals surface area contributed by atoms with Gasteiger partial charge in [-0.2, -0.15) is 5.26 Å². The van der Waals surface area contributed by atoms with Crippen molar-refractivity contribution in [1.82, 2.24) is 5.32 Å². The van der Waals surface area contributed by atoms with Gasteiger partial charge in [0.25, 0.3) is 11.6 Å². The van der Waals surface area contributed by atoms with E-state index in [0.717, 1.165) is 0 Å². The first-order valence-corrected chi connectivity index (χ1v) is 7.71. The molecule has 0 bridgehead atoms. The van der Waals surface area contributed by atoms with Crippen LogP contribution in [0, 0.1) is 21.4 Å². The molecule has 0 spiro atoms. The average molecular weight is 369 g/mol. The second-order valence-corrected chi connectivity index (χ2v) is 5.51. The molecule has 138 valence electrons. The van der Waals surface area contributed by atoms with Gasteiger partial charge >= 0.3 is 5.97 Å². The van der Waals surface area contributed by atoms with Crippen LogP contribution in [0.15, 0.2) is 42.5 Å². The number of aliphatic carboxylic acids is 1. The Balaban J connectivity index is 2.24. The summed E-state index contributed by atoms with van der Waals surface area (Å²) in [5.41, 5.74) is 0.613. The molecule has 0 radical (unpaired) electrons. The number of hydrogen-bond donors (Lipinski definition) is 2. The standard InChI is InChI=1S/C18H15N3O6/c1-27-16-7-6-14(21(25)26)8-13(16)9-15(18(23)24)20-17(22)12-4-2-11(10-19)3-5-12/h2-8,15H,9H2,1H3,(H,20,22)(H,23,24)/t15-/m0/s1. The topological polar surface area (TPSA) is 143 Å². The summed E-state index contributed by atoms with van der Waals surface area (Å²) < 4.78 is 5.12. The van der Waals surface area contributed by atoms with E-state index in [0.29, 0.717) is 5.56 Å². The quantitative estimate of drug-likeness (QED) is 0.560. The molecule has 2 N–H and O–H groups in total. The number of nitriles is 1. The predicted molar refractivity (Wildman–Crippen MR) is 93.4 cm³/mol. The first-order chi connectivity index (χ1) is 12.8. The zero-order valence-electron chi connectivity index (χ0n) is 14.2. The molecule has 9 nitrogen and oxygen atoms in total. The number of carboxylic acid groups (broad SMARTS) is 1. The molecule has 0 unspecified atom stereocenters. The number of ether oxygens (including phenoxy) is 1. The molecule has 0 saturated carbocycles. The Hall–Kier alpha value is -3.93. The Morgan fingerprint density at radius 3 is 2.48 bits per heavy atom. The van der Waals surface area contributed by atoms with Gasteiger partial charge in [0.1, 0.15) is 11.8 Å². The first kappa shape index (κ1) is 19.4. The van der Waals surface area contributed by atoms with Crippen LogP contribution in [0.4, 0.5) is 5.69 Å². The molecule has 1 atom stereocenters. The van der Waals surface area contributed by atoms with Gasteiger partial charge in [0.15, 0.2) is 0 Å². The summed E-state index contributed by atoms with van der Waals surface area (Å²) in [6.45, 7) is 0. The molecular formula is C18H15N3O6. The van der Waals surface area contributed by atoms with Gasteiger partial charge in [-0.3, -0.25) is 14.9 Å². The molecule has 0 aliphatic carbocycles. The second-order valence-electron chi connectivity index (χ2n) is 5.51. The molecule has 27 heavy (non-hydrogen) atoms. The van der Waals surface area contributed by atoms with E-state index in [9.17, 15) is 24.8 Å². The highest BCUT2D eigenvalue weighted by Gasteiger charge is 2.24. The van der Waals surface area contributed by atoms with Gasteiger partial charge in [0.05, 0.1) is 23.7 Å². The zero-order valence-corrected chi connectivity index (χ0v) is 14.2. The van der Waals surface area contributed by atoms with Crippen molar-refractivity contribution in [3.8, 4) is 11.8 Å². The third-order valence-corrected chi connectivity index (χ3v) is 3.78. The predicted octanol–water partition coefficient (Wildman–Crippen LogP) is 1.90. The summed E-state index contributed by atoms with van der Waals surface area (Å²) in [5.74, 6) is -1.67. The van der Waals surface area contributed by atoms with Crippen molar-refractivity contribution < 1.29 is 24.4 Å². The van der Waals surface area contributed by atoms with Crippen LogP contribution in [-0.4, -0.2) is 35.1 Å². The Bertz CT molecular complexity index is 918. The molecule has 2 aromatic rings. The number of methoxy groups -OCH3 is 1. The number of rotatable bonds is 7. The normalized spacial score (nSPS) is 11.1. The number of nitro benzene ring substituents is 1. The van der Waals surface area contributed by atoms with Gasteiger partial charge in [-0.1, -0.05) is 0 Å². The van der Waals surface area contributed by atoms with E-state index in [4.69, 9.17) is 10.00 Å². The summed E-state index contributed by atoms with van der Waals surface area (Å²) in [6.07, 6.45) is -0.206. The highest BCUT2D eigenvalue weighted by Crippen LogP contribution is 2.25. The van der Waals surface area contributed by atoms with Gasteiger partial charge in [-0.15, -0.1) is 0 Å². The molecule has 0 saturated heterocycles. The van der Waals surface area contributed by atoms with Crippen LogP contribution in [0.2, 0.25) is 0 Å². The zero-order chi connectivity index (χ0) is 20.0. The van der Waals surface area contributed by atoms with E-state index >= 15 is 0 Å². The number of nitro groups is 1. The van der Waals surface area contributed by atoms with Gasteiger partial charge < -0.3 is 15.2 Å². The number of carboxylic acids is 1. The summed E-state index contributed by atoms with van der Waals surface area (Å²) >= 11 is 0. The number of non-ortho nitro benzene ring substituents is 1. The number of carbonyl (C=O) groups excluding carboxylic acids is 1. The van der Waals surface area contributed by atoms with Crippen LogP contribution in [-0.2, 0) is 11.2 Å². The Morgan fingerprint density at radius 2 is 1.96 bits per heavy atom. The maximum atomic E-state index is 12.3. The molecular weight excluding hydrogens is 354 g/mol. The second kappa shape index (κ2) is 8.44. The Kier molecular flexibility index (Phi) is 6.06.